The maximum absolute atomic E-state index is 13.1. The molecule has 0 saturated heterocycles. The SMILES string of the molecule is COc1cc2c(cc1OC)C(C)N(S(=O)(=O)c1ccn(C(C)C)n1)CC2. The summed E-state index contributed by atoms with van der Waals surface area (Å²) < 4.78 is 40.1. The van der Waals surface area contributed by atoms with Crippen LogP contribution in [0.2, 0.25) is 0 Å². The average molecular weight is 379 g/mol. The molecule has 1 atom stereocenters. The Morgan fingerprint density at radius 1 is 1.19 bits per heavy atom. The highest BCUT2D eigenvalue weighted by Gasteiger charge is 2.36. The van der Waals surface area contributed by atoms with Crippen LogP contribution in [0.5, 0.6) is 11.5 Å². The van der Waals surface area contributed by atoms with Crippen molar-refractivity contribution in [1.82, 2.24) is 14.1 Å². The summed E-state index contributed by atoms with van der Waals surface area (Å²) in [6.07, 6.45) is 2.32. The van der Waals surface area contributed by atoms with Crippen LogP contribution >= 0.6 is 0 Å². The molecule has 0 spiro atoms. The molecule has 0 bridgehead atoms. The maximum atomic E-state index is 13.1. The van der Waals surface area contributed by atoms with E-state index in [1.165, 1.54) is 4.31 Å². The minimum Gasteiger partial charge on any atom is -0.493 e. The lowest BCUT2D eigenvalue weighted by Crippen LogP contribution is -2.39. The molecule has 2 aromatic rings. The summed E-state index contributed by atoms with van der Waals surface area (Å²) in [7, 11) is -0.503. The van der Waals surface area contributed by atoms with Gasteiger partial charge < -0.3 is 9.47 Å². The first-order valence-electron chi connectivity index (χ1n) is 8.61. The standard InChI is InChI=1S/C18H25N3O4S/c1-12(2)20-8-7-18(19-20)26(22,23)21-9-6-14-10-16(24-4)17(25-5)11-15(14)13(21)3/h7-8,10-13H,6,9H2,1-5H3. The number of rotatable bonds is 5. The third-order valence-corrected chi connectivity index (χ3v) is 6.68. The van der Waals surface area contributed by atoms with Gasteiger partial charge in [-0.1, -0.05) is 0 Å². The molecule has 1 unspecified atom stereocenters. The van der Waals surface area contributed by atoms with E-state index < -0.39 is 10.0 Å². The molecule has 0 amide bonds. The molecule has 0 radical (unpaired) electrons. The summed E-state index contributed by atoms with van der Waals surface area (Å²) in [6, 6.07) is 5.16. The van der Waals surface area contributed by atoms with Crippen molar-refractivity contribution >= 4 is 10.0 Å². The second-order valence-electron chi connectivity index (χ2n) is 6.68. The Morgan fingerprint density at radius 3 is 2.42 bits per heavy atom. The van der Waals surface area contributed by atoms with Gasteiger partial charge in [-0.25, -0.2) is 8.42 Å². The summed E-state index contributed by atoms with van der Waals surface area (Å²) in [5, 5.41) is 4.34. The number of aromatic nitrogens is 2. The van der Waals surface area contributed by atoms with Gasteiger partial charge in [-0.2, -0.15) is 9.40 Å². The highest BCUT2D eigenvalue weighted by molar-refractivity contribution is 7.89. The predicted molar refractivity (Wildman–Crippen MR) is 98.2 cm³/mol. The maximum Gasteiger partial charge on any atom is 0.262 e. The van der Waals surface area contributed by atoms with Gasteiger partial charge in [-0.15, -0.1) is 0 Å². The van der Waals surface area contributed by atoms with Crippen LogP contribution < -0.4 is 9.47 Å². The summed E-state index contributed by atoms with van der Waals surface area (Å²) in [6.45, 7) is 6.22. The van der Waals surface area contributed by atoms with Crippen LogP contribution in [0.25, 0.3) is 0 Å². The highest BCUT2D eigenvalue weighted by atomic mass is 32.2. The van der Waals surface area contributed by atoms with Gasteiger partial charge in [0.25, 0.3) is 10.0 Å². The lowest BCUT2D eigenvalue weighted by atomic mass is 9.94. The zero-order valence-corrected chi connectivity index (χ0v) is 16.6. The van der Waals surface area contributed by atoms with Crippen LogP contribution in [0.3, 0.4) is 0 Å². The van der Waals surface area contributed by atoms with Gasteiger partial charge in [-0.3, -0.25) is 4.68 Å². The molecule has 8 heteroatoms. The van der Waals surface area contributed by atoms with Crippen LogP contribution in [-0.2, 0) is 16.4 Å². The second-order valence-corrected chi connectivity index (χ2v) is 8.51. The fourth-order valence-electron chi connectivity index (χ4n) is 3.32. The fraction of sp³-hybridized carbons (Fsp3) is 0.500. The van der Waals surface area contributed by atoms with E-state index in [9.17, 15) is 8.42 Å². The molecule has 1 aromatic carbocycles. The smallest absolute Gasteiger partial charge is 0.262 e. The Hall–Kier alpha value is -2.06. The van der Waals surface area contributed by atoms with E-state index in [1.807, 2.05) is 32.9 Å². The molecule has 142 valence electrons. The van der Waals surface area contributed by atoms with Gasteiger partial charge in [0.2, 0.25) is 0 Å². The molecule has 0 saturated carbocycles. The van der Waals surface area contributed by atoms with Gasteiger partial charge in [0.05, 0.1) is 14.2 Å². The average Bonchev–Trinajstić information content (AvgIpc) is 3.12. The van der Waals surface area contributed by atoms with Crippen molar-refractivity contribution in [2.45, 2.75) is 44.3 Å². The number of methoxy groups -OCH3 is 2. The number of fused-ring (bicyclic) bond motifs is 1. The lowest BCUT2D eigenvalue weighted by molar-refractivity contribution is 0.317. The van der Waals surface area contributed by atoms with E-state index in [0.717, 1.165) is 11.1 Å². The second kappa shape index (κ2) is 6.92. The normalized spacial score (nSPS) is 18.0. The minimum absolute atomic E-state index is 0.0852. The molecule has 3 rings (SSSR count). The molecule has 1 aliphatic rings. The molecule has 0 fully saturated rings. The third kappa shape index (κ3) is 3.07. The molecule has 26 heavy (non-hydrogen) atoms. The van der Waals surface area contributed by atoms with Crippen molar-refractivity contribution in [2.24, 2.45) is 0 Å². The Kier molecular flexibility index (Phi) is 4.98. The van der Waals surface area contributed by atoms with Gasteiger partial charge in [-0.05, 0) is 56.5 Å². The largest absolute Gasteiger partial charge is 0.493 e. The Morgan fingerprint density at radius 2 is 1.85 bits per heavy atom. The van der Waals surface area contributed by atoms with Gasteiger partial charge in [0.15, 0.2) is 16.5 Å². The van der Waals surface area contributed by atoms with E-state index >= 15 is 0 Å². The molecule has 1 aromatic heterocycles. The lowest BCUT2D eigenvalue weighted by Gasteiger charge is -2.34. The van der Waals surface area contributed by atoms with E-state index in [4.69, 9.17) is 9.47 Å². The van der Waals surface area contributed by atoms with Crippen LogP contribution in [0.1, 0.15) is 44.0 Å². The summed E-state index contributed by atoms with van der Waals surface area (Å²) in [5.74, 6) is 1.26. The van der Waals surface area contributed by atoms with Gasteiger partial charge >= 0.3 is 0 Å². The number of ether oxygens (including phenoxy) is 2. The van der Waals surface area contributed by atoms with Crippen molar-refractivity contribution in [1.29, 1.82) is 0 Å². The summed E-state index contributed by atoms with van der Waals surface area (Å²) >= 11 is 0. The van der Waals surface area contributed by atoms with Crippen molar-refractivity contribution < 1.29 is 17.9 Å². The number of hydrogen-bond acceptors (Lipinski definition) is 5. The molecule has 2 heterocycles. The molecular formula is C18H25N3O4S. The van der Waals surface area contributed by atoms with Crippen molar-refractivity contribution in [3.05, 3.63) is 35.5 Å². The summed E-state index contributed by atoms with van der Waals surface area (Å²) in [4.78, 5) is 0. The summed E-state index contributed by atoms with van der Waals surface area (Å²) in [5.41, 5.74) is 2.01. The van der Waals surface area contributed by atoms with Crippen molar-refractivity contribution in [3.8, 4) is 11.5 Å². The Bertz CT molecular complexity index is 905. The number of hydrogen-bond donors (Lipinski definition) is 0. The molecule has 7 nitrogen and oxygen atoms in total. The molecule has 1 aliphatic heterocycles. The molecule has 0 aliphatic carbocycles. The van der Waals surface area contributed by atoms with Crippen molar-refractivity contribution in [2.75, 3.05) is 20.8 Å². The zero-order valence-electron chi connectivity index (χ0n) is 15.8. The van der Waals surface area contributed by atoms with E-state index in [0.29, 0.717) is 24.5 Å². The number of benzene rings is 1. The topological polar surface area (TPSA) is 73.7 Å². The van der Waals surface area contributed by atoms with Crippen LogP contribution in [-0.4, -0.2) is 43.3 Å². The zero-order chi connectivity index (χ0) is 19.1. The number of sulfonamides is 1. The quantitative estimate of drug-likeness (QED) is 0.799. The first kappa shape index (κ1) is 18.7. The first-order chi connectivity index (χ1) is 12.3. The Labute approximate surface area is 154 Å². The van der Waals surface area contributed by atoms with Gasteiger partial charge in [0, 0.05) is 24.8 Å². The van der Waals surface area contributed by atoms with Crippen LogP contribution in [0.4, 0.5) is 0 Å². The Balaban J connectivity index is 1.98. The third-order valence-electron chi connectivity index (χ3n) is 4.81. The highest BCUT2D eigenvalue weighted by Crippen LogP contribution is 2.39. The van der Waals surface area contributed by atoms with Crippen molar-refractivity contribution in [3.63, 3.8) is 0 Å². The number of nitrogens with zero attached hydrogens (tertiary/aromatic N) is 3. The van der Waals surface area contributed by atoms with E-state index in [1.54, 1.807) is 31.2 Å². The monoisotopic (exact) mass is 379 g/mol. The fourth-order valence-corrected chi connectivity index (χ4v) is 4.85. The van der Waals surface area contributed by atoms with Crippen LogP contribution in [0.15, 0.2) is 29.4 Å². The molecular weight excluding hydrogens is 354 g/mol. The van der Waals surface area contributed by atoms with Crippen LogP contribution in [0, 0.1) is 0 Å². The molecule has 0 N–H and O–H groups in total. The van der Waals surface area contributed by atoms with Gasteiger partial charge in [0.1, 0.15) is 0 Å². The van der Waals surface area contributed by atoms with E-state index in [2.05, 4.69) is 5.10 Å². The van der Waals surface area contributed by atoms with E-state index in [-0.39, 0.29) is 17.1 Å². The predicted octanol–water partition coefficient (Wildman–Crippen LogP) is 2.79. The first-order valence-corrected chi connectivity index (χ1v) is 10.1. The minimum atomic E-state index is -3.67.